The van der Waals surface area contributed by atoms with E-state index < -0.39 is 0 Å². The first-order valence-electron chi connectivity index (χ1n) is 6.74. The molecule has 2 nitrogen and oxygen atoms in total. The molecule has 1 N–H and O–H groups in total. The van der Waals surface area contributed by atoms with E-state index in [9.17, 15) is 0 Å². The van der Waals surface area contributed by atoms with E-state index in [0.29, 0.717) is 0 Å². The number of thiazole rings is 1. The first kappa shape index (κ1) is 13.0. The fraction of sp³-hybridized carbons (Fsp3) is 0.786. The van der Waals surface area contributed by atoms with Gasteiger partial charge in [-0.1, -0.05) is 33.6 Å². The largest absolute Gasteiger partial charge is 0.314 e. The molecule has 1 fully saturated rings. The summed E-state index contributed by atoms with van der Waals surface area (Å²) >= 11 is 1.81. The van der Waals surface area contributed by atoms with E-state index in [0.717, 1.165) is 19.0 Å². The summed E-state index contributed by atoms with van der Waals surface area (Å²) < 4.78 is 0. The Balaban J connectivity index is 1.77. The number of nitrogens with one attached hydrogen (secondary N) is 1. The maximum atomic E-state index is 4.72. The summed E-state index contributed by atoms with van der Waals surface area (Å²) in [6, 6.07) is 0.775. The third kappa shape index (κ3) is 3.78. The molecule has 0 radical (unpaired) electrons. The first-order chi connectivity index (χ1) is 8.05. The van der Waals surface area contributed by atoms with Gasteiger partial charge in [-0.05, 0) is 12.8 Å². The van der Waals surface area contributed by atoms with E-state index in [-0.39, 0.29) is 5.41 Å². The van der Waals surface area contributed by atoms with Gasteiger partial charge in [-0.25, -0.2) is 4.98 Å². The van der Waals surface area contributed by atoms with E-state index in [4.69, 9.17) is 4.98 Å². The molecule has 0 aliphatic heterocycles. The van der Waals surface area contributed by atoms with E-state index in [1.165, 1.54) is 36.4 Å². The smallest absolute Gasteiger partial charge is 0.0941 e. The molecule has 0 aromatic carbocycles. The van der Waals surface area contributed by atoms with Crippen molar-refractivity contribution in [1.29, 1.82) is 0 Å². The van der Waals surface area contributed by atoms with Gasteiger partial charge in [0.2, 0.25) is 0 Å². The maximum absolute atomic E-state index is 4.72. The molecule has 96 valence electrons. The second-order valence-electron chi connectivity index (χ2n) is 6.06. The van der Waals surface area contributed by atoms with Gasteiger partial charge < -0.3 is 5.32 Å². The van der Waals surface area contributed by atoms with Gasteiger partial charge in [0, 0.05) is 29.8 Å². The molecule has 0 amide bonds. The molecule has 1 heterocycles. The van der Waals surface area contributed by atoms with Crippen molar-refractivity contribution in [3.05, 3.63) is 16.1 Å². The summed E-state index contributed by atoms with van der Waals surface area (Å²) in [6.45, 7) is 7.76. The zero-order valence-electron chi connectivity index (χ0n) is 11.3. The van der Waals surface area contributed by atoms with Crippen molar-refractivity contribution in [2.45, 2.75) is 64.3 Å². The minimum absolute atomic E-state index is 0.188. The van der Waals surface area contributed by atoms with Crippen molar-refractivity contribution in [3.8, 4) is 0 Å². The van der Waals surface area contributed by atoms with Gasteiger partial charge in [-0.15, -0.1) is 11.3 Å². The summed E-state index contributed by atoms with van der Waals surface area (Å²) in [5.41, 5.74) is 1.42. The molecule has 17 heavy (non-hydrogen) atoms. The molecule has 0 atom stereocenters. The normalized spacial score (nSPS) is 17.8. The van der Waals surface area contributed by atoms with Crippen molar-refractivity contribution in [1.82, 2.24) is 10.3 Å². The monoisotopic (exact) mass is 252 g/mol. The molecule has 1 aromatic heterocycles. The quantitative estimate of drug-likeness (QED) is 0.887. The van der Waals surface area contributed by atoms with Gasteiger partial charge in [0.15, 0.2) is 0 Å². The number of hydrogen-bond acceptors (Lipinski definition) is 3. The molecule has 0 saturated heterocycles. The van der Waals surface area contributed by atoms with E-state index in [1.807, 2.05) is 11.3 Å². The minimum atomic E-state index is 0.188. The van der Waals surface area contributed by atoms with Gasteiger partial charge in [0.05, 0.1) is 10.7 Å². The van der Waals surface area contributed by atoms with Crippen LogP contribution in [0.25, 0.3) is 0 Å². The van der Waals surface area contributed by atoms with Crippen LogP contribution in [0.5, 0.6) is 0 Å². The van der Waals surface area contributed by atoms with Crippen LogP contribution in [-0.4, -0.2) is 17.6 Å². The third-order valence-corrected chi connectivity index (χ3v) is 4.36. The van der Waals surface area contributed by atoms with Crippen molar-refractivity contribution in [3.63, 3.8) is 0 Å². The van der Waals surface area contributed by atoms with E-state index >= 15 is 0 Å². The van der Waals surface area contributed by atoms with Gasteiger partial charge in [-0.3, -0.25) is 0 Å². The number of hydrogen-bond donors (Lipinski definition) is 1. The highest BCUT2D eigenvalue weighted by atomic mass is 32.1. The van der Waals surface area contributed by atoms with Crippen LogP contribution in [0.15, 0.2) is 5.38 Å². The fourth-order valence-corrected chi connectivity index (χ4v) is 3.31. The molecule has 1 aromatic rings. The van der Waals surface area contributed by atoms with Crippen molar-refractivity contribution in [2.24, 2.45) is 0 Å². The van der Waals surface area contributed by atoms with Crippen LogP contribution in [-0.2, 0) is 11.8 Å². The van der Waals surface area contributed by atoms with Crippen LogP contribution in [0.1, 0.15) is 57.2 Å². The standard InChI is InChI=1S/C14H24N2S/c1-14(2,3)12-10-17-13(16-12)8-9-15-11-6-4-5-7-11/h10-11,15H,4-9H2,1-3H3. The summed E-state index contributed by atoms with van der Waals surface area (Å²) in [6.07, 6.45) is 6.62. The molecular weight excluding hydrogens is 228 g/mol. The first-order valence-corrected chi connectivity index (χ1v) is 7.62. The second-order valence-corrected chi connectivity index (χ2v) is 7.00. The number of rotatable bonds is 4. The van der Waals surface area contributed by atoms with Crippen molar-refractivity contribution >= 4 is 11.3 Å². The van der Waals surface area contributed by atoms with Crippen LogP contribution >= 0.6 is 11.3 Å². The Kier molecular flexibility index (Phi) is 4.21. The predicted molar refractivity (Wildman–Crippen MR) is 74.8 cm³/mol. The summed E-state index contributed by atoms with van der Waals surface area (Å²) in [5, 5.41) is 7.14. The highest BCUT2D eigenvalue weighted by Gasteiger charge is 2.17. The Hall–Kier alpha value is -0.410. The zero-order valence-corrected chi connectivity index (χ0v) is 12.1. The average molecular weight is 252 g/mol. The lowest BCUT2D eigenvalue weighted by Gasteiger charge is -2.14. The van der Waals surface area contributed by atoms with Crippen LogP contribution in [0.4, 0.5) is 0 Å². The number of nitrogens with zero attached hydrogens (tertiary/aromatic N) is 1. The minimum Gasteiger partial charge on any atom is -0.314 e. The van der Waals surface area contributed by atoms with Gasteiger partial charge >= 0.3 is 0 Å². The summed E-state index contributed by atoms with van der Waals surface area (Å²) in [5.74, 6) is 0. The molecular formula is C14H24N2S. The van der Waals surface area contributed by atoms with Crippen molar-refractivity contribution < 1.29 is 0 Å². The van der Waals surface area contributed by atoms with E-state index in [1.54, 1.807) is 0 Å². The van der Waals surface area contributed by atoms with Crippen LogP contribution in [0, 0.1) is 0 Å². The molecule has 0 bridgehead atoms. The Morgan fingerprint density at radius 1 is 1.35 bits per heavy atom. The molecule has 1 aliphatic carbocycles. The Bertz CT molecular complexity index is 345. The van der Waals surface area contributed by atoms with Crippen LogP contribution in [0.3, 0.4) is 0 Å². The zero-order chi connectivity index (χ0) is 12.3. The molecule has 0 unspecified atom stereocenters. The van der Waals surface area contributed by atoms with Gasteiger partial charge in [0.1, 0.15) is 0 Å². The van der Waals surface area contributed by atoms with Crippen LogP contribution in [0.2, 0.25) is 0 Å². The SMILES string of the molecule is CC(C)(C)c1csc(CCNC2CCCC2)n1. The lowest BCUT2D eigenvalue weighted by atomic mass is 9.93. The fourth-order valence-electron chi connectivity index (χ4n) is 2.28. The molecule has 1 saturated carbocycles. The maximum Gasteiger partial charge on any atom is 0.0941 e. The predicted octanol–water partition coefficient (Wildman–Crippen LogP) is 3.52. The second kappa shape index (κ2) is 5.49. The average Bonchev–Trinajstić information content (AvgIpc) is 2.86. The molecule has 1 aliphatic rings. The Morgan fingerprint density at radius 2 is 2.06 bits per heavy atom. The highest BCUT2D eigenvalue weighted by Crippen LogP contribution is 2.24. The molecule has 0 spiro atoms. The Labute approximate surface area is 109 Å². The topological polar surface area (TPSA) is 24.9 Å². The lowest BCUT2D eigenvalue weighted by molar-refractivity contribution is 0.525. The van der Waals surface area contributed by atoms with Gasteiger partial charge in [-0.2, -0.15) is 0 Å². The lowest BCUT2D eigenvalue weighted by Crippen LogP contribution is -2.28. The van der Waals surface area contributed by atoms with Crippen molar-refractivity contribution in [2.75, 3.05) is 6.54 Å². The Morgan fingerprint density at radius 3 is 2.65 bits per heavy atom. The van der Waals surface area contributed by atoms with Crippen LogP contribution < -0.4 is 5.32 Å². The molecule has 2 rings (SSSR count). The summed E-state index contributed by atoms with van der Waals surface area (Å²) in [4.78, 5) is 4.72. The third-order valence-electron chi connectivity index (χ3n) is 3.45. The van der Waals surface area contributed by atoms with E-state index in [2.05, 4.69) is 31.5 Å². The number of aromatic nitrogens is 1. The van der Waals surface area contributed by atoms with Gasteiger partial charge in [0.25, 0.3) is 0 Å². The highest BCUT2D eigenvalue weighted by molar-refractivity contribution is 7.09. The molecule has 3 heteroatoms. The summed E-state index contributed by atoms with van der Waals surface area (Å²) in [7, 11) is 0.